The SMILES string of the molecule is CC(C)C(Nc1nnnn1C)C(N)=O. The first kappa shape index (κ1) is 10.4. The lowest BCUT2D eigenvalue weighted by atomic mass is 10.0. The van der Waals surface area contributed by atoms with Crippen LogP contribution in [0.2, 0.25) is 0 Å². The number of amides is 1. The predicted octanol–water partition coefficient (Wildman–Crippen LogP) is -0.868. The van der Waals surface area contributed by atoms with Gasteiger partial charge in [0.25, 0.3) is 0 Å². The normalized spacial score (nSPS) is 12.9. The monoisotopic (exact) mass is 198 g/mol. The van der Waals surface area contributed by atoms with E-state index in [9.17, 15) is 4.79 Å². The number of nitrogens with one attached hydrogen (secondary N) is 1. The molecule has 0 radical (unpaired) electrons. The molecule has 14 heavy (non-hydrogen) atoms. The van der Waals surface area contributed by atoms with Crippen LogP contribution >= 0.6 is 0 Å². The highest BCUT2D eigenvalue weighted by molar-refractivity contribution is 5.82. The van der Waals surface area contributed by atoms with Crippen molar-refractivity contribution in [2.75, 3.05) is 5.32 Å². The van der Waals surface area contributed by atoms with E-state index in [0.29, 0.717) is 5.95 Å². The molecule has 1 rings (SSSR count). The number of anilines is 1. The first-order chi connectivity index (χ1) is 6.52. The lowest BCUT2D eigenvalue weighted by Crippen LogP contribution is -2.40. The number of tetrazole rings is 1. The van der Waals surface area contributed by atoms with Gasteiger partial charge in [0.15, 0.2) is 0 Å². The fraction of sp³-hybridized carbons (Fsp3) is 0.714. The summed E-state index contributed by atoms with van der Waals surface area (Å²) in [4.78, 5) is 11.1. The van der Waals surface area contributed by atoms with Gasteiger partial charge in [-0.25, -0.2) is 4.68 Å². The molecule has 0 spiro atoms. The van der Waals surface area contributed by atoms with Gasteiger partial charge < -0.3 is 11.1 Å². The number of nitrogens with two attached hydrogens (primary N) is 1. The third kappa shape index (κ3) is 2.18. The molecular formula is C7H14N6O. The molecule has 0 aliphatic rings. The predicted molar refractivity (Wildman–Crippen MR) is 50.2 cm³/mol. The highest BCUT2D eigenvalue weighted by Crippen LogP contribution is 2.07. The van der Waals surface area contributed by atoms with Gasteiger partial charge in [-0.05, 0) is 16.3 Å². The lowest BCUT2D eigenvalue weighted by Gasteiger charge is -2.18. The molecule has 0 bridgehead atoms. The Hall–Kier alpha value is -1.66. The third-order valence-corrected chi connectivity index (χ3v) is 1.88. The summed E-state index contributed by atoms with van der Waals surface area (Å²) < 4.78 is 1.44. The van der Waals surface area contributed by atoms with Crippen LogP contribution in [0.15, 0.2) is 0 Å². The molecule has 3 N–H and O–H groups in total. The third-order valence-electron chi connectivity index (χ3n) is 1.88. The first-order valence-electron chi connectivity index (χ1n) is 4.30. The van der Waals surface area contributed by atoms with Crippen molar-refractivity contribution in [2.24, 2.45) is 18.7 Å². The molecule has 0 saturated heterocycles. The maximum absolute atomic E-state index is 11.1. The van der Waals surface area contributed by atoms with Crippen molar-refractivity contribution in [1.29, 1.82) is 0 Å². The summed E-state index contributed by atoms with van der Waals surface area (Å²) >= 11 is 0. The number of aromatic nitrogens is 4. The van der Waals surface area contributed by atoms with Gasteiger partial charge in [0.2, 0.25) is 11.9 Å². The Balaban J connectivity index is 2.75. The second-order valence-electron chi connectivity index (χ2n) is 3.39. The van der Waals surface area contributed by atoms with Gasteiger partial charge in [-0.1, -0.05) is 18.9 Å². The topological polar surface area (TPSA) is 98.7 Å². The summed E-state index contributed by atoms with van der Waals surface area (Å²) in [5.74, 6) is 0.106. The molecule has 0 saturated carbocycles. The van der Waals surface area contributed by atoms with E-state index in [1.54, 1.807) is 7.05 Å². The van der Waals surface area contributed by atoms with Gasteiger partial charge in [-0.3, -0.25) is 4.79 Å². The van der Waals surface area contributed by atoms with E-state index in [0.717, 1.165) is 0 Å². The standard InChI is InChI=1S/C7H14N6O/c1-4(2)5(6(8)14)9-7-10-11-12-13(7)3/h4-5H,1-3H3,(H2,8,14)(H,9,10,12). The van der Waals surface area contributed by atoms with Crippen molar-refractivity contribution in [3.05, 3.63) is 0 Å². The molecule has 1 aromatic rings. The molecule has 1 heterocycles. The molecular weight excluding hydrogens is 184 g/mol. The minimum absolute atomic E-state index is 0.0872. The van der Waals surface area contributed by atoms with E-state index in [2.05, 4.69) is 20.8 Å². The Morgan fingerprint density at radius 2 is 2.21 bits per heavy atom. The van der Waals surface area contributed by atoms with Gasteiger partial charge in [0, 0.05) is 7.05 Å². The van der Waals surface area contributed by atoms with Crippen LogP contribution in [0, 0.1) is 5.92 Å². The van der Waals surface area contributed by atoms with Crippen molar-refractivity contribution in [3.8, 4) is 0 Å². The van der Waals surface area contributed by atoms with E-state index in [1.807, 2.05) is 13.8 Å². The maximum Gasteiger partial charge on any atom is 0.243 e. The van der Waals surface area contributed by atoms with Crippen LogP contribution in [-0.4, -0.2) is 32.2 Å². The minimum atomic E-state index is -0.459. The average Bonchev–Trinajstić information content (AvgIpc) is 2.46. The van der Waals surface area contributed by atoms with Crippen molar-refractivity contribution >= 4 is 11.9 Å². The largest absolute Gasteiger partial charge is 0.368 e. The molecule has 1 amide bonds. The minimum Gasteiger partial charge on any atom is -0.368 e. The van der Waals surface area contributed by atoms with Crippen LogP contribution in [0.4, 0.5) is 5.95 Å². The second kappa shape index (κ2) is 4.03. The van der Waals surface area contributed by atoms with E-state index >= 15 is 0 Å². The van der Waals surface area contributed by atoms with Crippen LogP contribution < -0.4 is 11.1 Å². The van der Waals surface area contributed by atoms with Crippen molar-refractivity contribution in [1.82, 2.24) is 20.2 Å². The number of nitrogens with zero attached hydrogens (tertiary/aromatic N) is 4. The summed E-state index contributed by atoms with van der Waals surface area (Å²) in [5, 5.41) is 13.7. The van der Waals surface area contributed by atoms with Gasteiger partial charge in [0.1, 0.15) is 6.04 Å². The zero-order valence-corrected chi connectivity index (χ0v) is 8.43. The second-order valence-corrected chi connectivity index (χ2v) is 3.39. The zero-order valence-electron chi connectivity index (χ0n) is 8.43. The quantitative estimate of drug-likeness (QED) is 0.655. The molecule has 7 nitrogen and oxygen atoms in total. The van der Waals surface area contributed by atoms with E-state index in [-0.39, 0.29) is 5.92 Å². The van der Waals surface area contributed by atoms with E-state index in [1.165, 1.54) is 4.68 Å². The van der Waals surface area contributed by atoms with Crippen LogP contribution in [-0.2, 0) is 11.8 Å². The number of hydrogen-bond acceptors (Lipinski definition) is 5. The van der Waals surface area contributed by atoms with Crippen LogP contribution in [0.25, 0.3) is 0 Å². The number of carbonyl (C=O) groups is 1. The van der Waals surface area contributed by atoms with Crippen LogP contribution in [0.5, 0.6) is 0 Å². The molecule has 1 aromatic heterocycles. The fourth-order valence-electron chi connectivity index (χ4n) is 1.06. The molecule has 7 heteroatoms. The zero-order chi connectivity index (χ0) is 10.7. The smallest absolute Gasteiger partial charge is 0.243 e. The van der Waals surface area contributed by atoms with Gasteiger partial charge in [0.05, 0.1) is 0 Å². The van der Waals surface area contributed by atoms with Gasteiger partial charge >= 0.3 is 0 Å². The van der Waals surface area contributed by atoms with Crippen molar-refractivity contribution in [2.45, 2.75) is 19.9 Å². The average molecular weight is 198 g/mol. The summed E-state index contributed by atoms with van der Waals surface area (Å²) in [6.45, 7) is 3.79. The summed E-state index contributed by atoms with van der Waals surface area (Å²) in [6, 6.07) is -0.459. The maximum atomic E-state index is 11.1. The van der Waals surface area contributed by atoms with Crippen molar-refractivity contribution < 1.29 is 4.79 Å². The molecule has 1 unspecified atom stereocenters. The van der Waals surface area contributed by atoms with Gasteiger partial charge in [-0.15, -0.1) is 0 Å². The Labute approximate surface area is 81.7 Å². The van der Waals surface area contributed by atoms with Gasteiger partial charge in [-0.2, -0.15) is 0 Å². The highest BCUT2D eigenvalue weighted by atomic mass is 16.1. The highest BCUT2D eigenvalue weighted by Gasteiger charge is 2.20. The van der Waals surface area contributed by atoms with E-state index < -0.39 is 11.9 Å². The summed E-state index contributed by atoms with van der Waals surface area (Å²) in [7, 11) is 1.68. The number of rotatable bonds is 4. The molecule has 1 atom stereocenters. The van der Waals surface area contributed by atoms with Crippen LogP contribution in [0.3, 0.4) is 0 Å². The molecule has 0 aliphatic heterocycles. The summed E-state index contributed by atoms with van der Waals surface area (Å²) in [5.41, 5.74) is 5.23. The number of primary amides is 1. The molecule has 0 aliphatic carbocycles. The lowest BCUT2D eigenvalue weighted by molar-refractivity contribution is -0.119. The van der Waals surface area contributed by atoms with Crippen molar-refractivity contribution in [3.63, 3.8) is 0 Å². The molecule has 0 aromatic carbocycles. The summed E-state index contributed by atoms with van der Waals surface area (Å²) in [6.07, 6.45) is 0. The number of carbonyl (C=O) groups excluding carboxylic acids is 1. The number of aryl methyl sites for hydroxylation is 1. The molecule has 0 fully saturated rings. The number of hydrogen-bond donors (Lipinski definition) is 2. The Morgan fingerprint density at radius 1 is 1.57 bits per heavy atom. The first-order valence-corrected chi connectivity index (χ1v) is 4.30. The fourth-order valence-corrected chi connectivity index (χ4v) is 1.06. The van der Waals surface area contributed by atoms with Crippen LogP contribution in [0.1, 0.15) is 13.8 Å². The molecule has 78 valence electrons. The van der Waals surface area contributed by atoms with E-state index in [4.69, 9.17) is 5.73 Å². The Kier molecular flexibility index (Phi) is 3.00. The Morgan fingerprint density at radius 3 is 2.57 bits per heavy atom. The Bertz CT molecular complexity index is 320.